The first kappa shape index (κ1) is 32.7. The SMILES string of the molecule is CNc1ccc(C#Cc2ccc(C(C)C(=O)Nc3ccc(CN4CCN(C)CC4)c(C(F)(F)F)c3)cc2)cn1.O=CC1CC1. The van der Waals surface area contributed by atoms with Crippen molar-refractivity contribution in [1.29, 1.82) is 0 Å². The van der Waals surface area contributed by atoms with Crippen LogP contribution >= 0.6 is 0 Å². The molecule has 1 atom stereocenters. The Labute approximate surface area is 256 Å². The zero-order chi connectivity index (χ0) is 31.7. The van der Waals surface area contributed by atoms with E-state index in [1.807, 2.05) is 36.2 Å². The summed E-state index contributed by atoms with van der Waals surface area (Å²) in [7, 11) is 3.80. The average molecular weight is 606 g/mol. The third-order valence-corrected chi connectivity index (χ3v) is 7.66. The lowest BCUT2D eigenvalue weighted by Gasteiger charge is -2.33. The number of hydrogen-bond donors (Lipinski definition) is 2. The summed E-state index contributed by atoms with van der Waals surface area (Å²) in [4.78, 5) is 30.9. The highest BCUT2D eigenvalue weighted by Crippen LogP contribution is 2.35. The topological polar surface area (TPSA) is 77.6 Å². The van der Waals surface area contributed by atoms with Gasteiger partial charge in [0.15, 0.2) is 0 Å². The fourth-order valence-electron chi connectivity index (χ4n) is 4.55. The Hall–Kier alpha value is -4.20. The van der Waals surface area contributed by atoms with Gasteiger partial charge in [0.05, 0.1) is 11.5 Å². The number of hydrogen-bond acceptors (Lipinski definition) is 6. The number of amides is 1. The van der Waals surface area contributed by atoms with Crippen LogP contribution in [0, 0.1) is 17.8 Å². The van der Waals surface area contributed by atoms with Gasteiger partial charge in [-0.25, -0.2) is 4.98 Å². The number of rotatable bonds is 7. The number of nitrogens with zero attached hydrogens (tertiary/aromatic N) is 3. The number of carbonyl (C=O) groups is 2. The summed E-state index contributed by atoms with van der Waals surface area (Å²) in [5.74, 6) is 6.38. The molecule has 232 valence electrons. The Morgan fingerprint density at radius 3 is 2.23 bits per heavy atom. The van der Waals surface area contributed by atoms with Gasteiger partial charge in [-0.15, -0.1) is 0 Å². The number of aromatic nitrogens is 1. The molecule has 2 N–H and O–H groups in total. The summed E-state index contributed by atoms with van der Waals surface area (Å²) in [5.41, 5.74) is 1.91. The van der Waals surface area contributed by atoms with E-state index in [2.05, 4.69) is 32.4 Å². The highest BCUT2D eigenvalue weighted by molar-refractivity contribution is 5.95. The van der Waals surface area contributed by atoms with Crippen LogP contribution in [0.15, 0.2) is 60.8 Å². The predicted octanol–water partition coefficient (Wildman–Crippen LogP) is 5.63. The van der Waals surface area contributed by atoms with Crippen LogP contribution in [0.1, 0.15) is 53.5 Å². The summed E-state index contributed by atoms with van der Waals surface area (Å²) < 4.78 is 41.7. The van der Waals surface area contributed by atoms with Crippen LogP contribution in [0.2, 0.25) is 0 Å². The molecule has 2 aliphatic rings. The zero-order valence-electron chi connectivity index (χ0n) is 25.2. The molecule has 1 unspecified atom stereocenters. The number of piperazine rings is 1. The number of anilines is 2. The maximum Gasteiger partial charge on any atom is 0.416 e. The first-order valence-electron chi connectivity index (χ1n) is 14.7. The molecule has 1 saturated carbocycles. The highest BCUT2D eigenvalue weighted by atomic mass is 19.4. The number of aldehydes is 1. The highest BCUT2D eigenvalue weighted by Gasteiger charge is 2.34. The molecule has 5 rings (SSSR count). The van der Waals surface area contributed by atoms with E-state index in [0.29, 0.717) is 5.92 Å². The number of carbonyl (C=O) groups excluding carboxylic acids is 2. The van der Waals surface area contributed by atoms with Gasteiger partial charge in [0.25, 0.3) is 0 Å². The van der Waals surface area contributed by atoms with Crippen molar-refractivity contribution in [2.45, 2.75) is 38.4 Å². The van der Waals surface area contributed by atoms with Gasteiger partial charge in [0.2, 0.25) is 5.91 Å². The number of likely N-dealkylation sites (N-methyl/N-ethyl adjacent to an activating group) is 1. The van der Waals surface area contributed by atoms with E-state index in [0.717, 1.165) is 73.9 Å². The van der Waals surface area contributed by atoms with Crippen LogP contribution in [-0.4, -0.2) is 67.3 Å². The summed E-state index contributed by atoms with van der Waals surface area (Å²) in [6.45, 7) is 5.02. The van der Waals surface area contributed by atoms with E-state index in [9.17, 15) is 22.8 Å². The molecule has 10 heteroatoms. The van der Waals surface area contributed by atoms with Crippen molar-refractivity contribution in [2.24, 2.45) is 5.92 Å². The van der Waals surface area contributed by atoms with Crippen LogP contribution in [0.4, 0.5) is 24.7 Å². The van der Waals surface area contributed by atoms with Crippen molar-refractivity contribution in [3.63, 3.8) is 0 Å². The van der Waals surface area contributed by atoms with Crippen molar-refractivity contribution in [3.05, 3.63) is 88.6 Å². The molecular formula is C34H38F3N5O2. The second kappa shape index (κ2) is 15.0. The molecule has 2 heterocycles. The maximum atomic E-state index is 13.9. The Morgan fingerprint density at radius 1 is 1.02 bits per heavy atom. The number of benzene rings is 2. The predicted molar refractivity (Wildman–Crippen MR) is 166 cm³/mol. The molecule has 2 fully saturated rings. The van der Waals surface area contributed by atoms with Gasteiger partial charge in [-0.3, -0.25) is 9.69 Å². The van der Waals surface area contributed by atoms with Gasteiger partial charge in [-0.2, -0.15) is 13.2 Å². The Balaban J connectivity index is 0.000000802. The van der Waals surface area contributed by atoms with Gasteiger partial charge in [0, 0.05) is 68.7 Å². The van der Waals surface area contributed by atoms with Crippen LogP contribution in [-0.2, 0) is 22.3 Å². The van der Waals surface area contributed by atoms with Crippen LogP contribution in [0.3, 0.4) is 0 Å². The van der Waals surface area contributed by atoms with E-state index < -0.39 is 17.7 Å². The van der Waals surface area contributed by atoms with Crippen molar-refractivity contribution < 1.29 is 22.8 Å². The quantitative estimate of drug-likeness (QED) is 0.269. The normalized spacial score (nSPS) is 16.0. The summed E-state index contributed by atoms with van der Waals surface area (Å²) >= 11 is 0. The Morgan fingerprint density at radius 2 is 1.68 bits per heavy atom. The molecule has 0 bridgehead atoms. The molecule has 3 aromatic rings. The molecule has 1 saturated heterocycles. The van der Waals surface area contributed by atoms with Crippen LogP contribution in [0.25, 0.3) is 0 Å². The van der Waals surface area contributed by atoms with Crippen molar-refractivity contribution in [2.75, 3.05) is 50.9 Å². The lowest BCUT2D eigenvalue weighted by molar-refractivity contribution is -0.138. The molecule has 0 radical (unpaired) electrons. The number of pyridine rings is 1. The lowest BCUT2D eigenvalue weighted by Crippen LogP contribution is -2.44. The van der Waals surface area contributed by atoms with Gasteiger partial charge in [-0.1, -0.05) is 30.0 Å². The van der Waals surface area contributed by atoms with E-state index in [-0.39, 0.29) is 23.7 Å². The van der Waals surface area contributed by atoms with E-state index >= 15 is 0 Å². The van der Waals surface area contributed by atoms with E-state index in [4.69, 9.17) is 0 Å². The smallest absolute Gasteiger partial charge is 0.373 e. The minimum atomic E-state index is -4.52. The Bertz CT molecular complexity index is 1470. The van der Waals surface area contributed by atoms with Crippen molar-refractivity contribution >= 4 is 23.7 Å². The van der Waals surface area contributed by atoms with Crippen LogP contribution in [0.5, 0.6) is 0 Å². The van der Waals surface area contributed by atoms with Gasteiger partial charge < -0.3 is 20.3 Å². The molecular weight excluding hydrogens is 567 g/mol. The fourth-order valence-corrected chi connectivity index (χ4v) is 4.55. The third-order valence-electron chi connectivity index (χ3n) is 7.66. The Kier molecular flexibility index (Phi) is 11.1. The lowest BCUT2D eigenvalue weighted by atomic mass is 9.98. The minimum Gasteiger partial charge on any atom is -0.373 e. The fraction of sp³-hybridized carbons (Fsp3) is 0.382. The number of nitrogens with one attached hydrogen (secondary N) is 2. The maximum absolute atomic E-state index is 13.9. The number of alkyl halides is 3. The standard InChI is InChI=1S/C30H32F3N5O.C4H6O/c1-21(24-9-6-22(7-10-24)4-5-23-8-13-28(34-2)35-19-23)29(39)36-26-12-11-25(27(18-26)30(31,32)33)20-38-16-14-37(3)15-17-38;5-3-4-1-2-4/h6-13,18-19,21H,14-17,20H2,1-3H3,(H,34,35)(H,36,39);3-4H,1-2H2. The monoisotopic (exact) mass is 605 g/mol. The zero-order valence-corrected chi connectivity index (χ0v) is 25.2. The summed E-state index contributed by atoms with van der Waals surface area (Å²) in [6, 6.07) is 15.0. The molecule has 7 nitrogen and oxygen atoms in total. The van der Waals surface area contributed by atoms with Crippen molar-refractivity contribution in [1.82, 2.24) is 14.8 Å². The summed E-state index contributed by atoms with van der Waals surface area (Å²) in [6.07, 6.45) is 0.478. The second-order valence-electron chi connectivity index (χ2n) is 11.2. The molecule has 1 aliphatic carbocycles. The minimum absolute atomic E-state index is 0.127. The molecule has 1 aliphatic heterocycles. The molecule has 1 aromatic heterocycles. The van der Waals surface area contributed by atoms with Gasteiger partial charge in [-0.05, 0) is 74.3 Å². The molecule has 44 heavy (non-hydrogen) atoms. The average Bonchev–Trinajstić information content (AvgIpc) is 3.87. The first-order valence-corrected chi connectivity index (χ1v) is 14.7. The van der Waals surface area contributed by atoms with Crippen molar-refractivity contribution in [3.8, 4) is 11.8 Å². The second-order valence-corrected chi connectivity index (χ2v) is 11.2. The summed E-state index contributed by atoms with van der Waals surface area (Å²) in [5, 5.41) is 5.61. The van der Waals surface area contributed by atoms with Gasteiger partial charge in [0.1, 0.15) is 12.1 Å². The molecule has 1 amide bonds. The van der Waals surface area contributed by atoms with Crippen LogP contribution < -0.4 is 10.6 Å². The van der Waals surface area contributed by atoms with Gasteiger partial charge >= 0.3 is 6.18 Å². The van der Waals surface area contributed by atoms with E-state index in [1.54, 1.807) is 38.4 Å². The first-order chi connectivity index (χ1) is 21.0. The molecule has 0 spiro atoms. The molecule has 2 aromatic carbocycles. The van der Waals surface area contributed by atoms with E-state index in [1.165, 1.54) is 6.07 Å². The third kappa shape index (κ3) is 9.66. The largest absolute Gasteiger partial charge is 0.416 e. The number of halogens is 3.